The number of nitrogens with one attached hydrogen (secondary N) is 1. The monoisotopic (exact) mass is 382 g/mol. The molecule has 0 spiro atoms. The van der Waals surface area contributed by atoms with E-state index < -0.39 is 5.91 Å². The number of aromatic nitrogens is 2. The van der Waals surface area contributed by atoms with Gasteiger partial charge in [-0.3, -0.25) is 18.8 Å². The minimum atomic E-state index is -0.420. The summed E-state index contributed by atoms with van der Waals surface area (Å²) in [6, 6.07) is 5.11. The average molecular weight is 382 g/mol. The fourth-order valence-electron chi connectivity index (χ4n) is 4.34. The van der Waals surface area contributed by atoms with Gasteiger partial charge in [0.05, 0.1) is 0 Å². The second-order valence-electron chi connectivity index (χ2n) is 7.84. The van der Waals surface area contributed by atoms with Crippen LogP contribution in [0.1, 0.15) is 55.3 Å². The maximum Gasteiger partial charge on any atom is 0.270 e. The van der Waals surface area contributed by atoms with Crippen LogP contribution in [0.2, 0.25) is 0 Å². The lowest BCUT2D eigenvalue weighted by molar-refractivity contribution is -0.135. The van der Waals surface area contributed by atoms with Crippen molar-refractivity contribution in [2.75, 3.05) is 13.1 Å². The van der Waals surface area contributed by atoms with Gasteiger partial charge in [0.2, 0.25) is 5.91 Å². The van der Waals surface area contributed by atoms with Crippen LogP contribution < -0.4 is 10.9 Å². The Morgan fingerprint density at radius 2 is 1.86 bits per heavy atom. The molecule has 2 aromatic heterocycles. The second kappa shape index (κ2) is 8.12. The van der Waals surface area contributed by atoms with Crippen LogP contribution in [0.4, 0.5) is 0 Å². The number of nitrogens with zero attached hydrogens (tertiary/aromatic N) is 3. The van der Waals surface area contributed by atoms with Crippen molar-refractivity contribution >= 4 is 17.5 Å². The van der Waals surface area contributed by atoms with Gasteiger partial charge < -0.3 is 10.2 Å². The van der Waals surface area contributed by atoms with E-state index in [1.807, 2.05) is 4.90 Å². The van der Waals surface area contributed by atoms with Crippen LogP contribution in [0.3, 0.4) is 0 Å². The molecule has 1 atom stereocenters. The molecule has 7 nitrogen and oxygen atoms in total. The lowest BCUT2D eigenvalue weighted by Gasteiger charge is -2.27. The molecule has 2 fully saturated rings. The van der Waals surface area contributed by atoms with Crippen LogP contribution in [0.25, 0.3) is 5.65 Å². The molecular formula is C21H26N4O3. The van der Waals surface area contributed by atoms with E-state index in [0.29, 0.717) is 12.2 Å². The highest BCUT2D eigenvalue weighted by Crippen LogP contribution is 2.27. The molecule has 1 unspecified atom stereocenters. The first-order valence-electron chi connectivity index (χ1n) is 10.2. The third-order valence-corrected chi connectivity index (χ3v) is 5.88. The van der Waals surface area contributed by atoms with Crippen LogP contribution in [-0.4, -0.2) is 45.2 Å². The van der Waals surface area contributed by atoms with Crippen molar-refractivity contribution in [1.82, 2.24) is 19.6 Å². The minimum absolute atomic E-state index is 0.0293. The van der Waals surface area contributed by atoms with Crippen molar-refractivity contribution in [2.45, 2.75) is 51.0 Å². The molecule has 148 valence electrons. The molecule has 1 saturated carbocycles. The first kappa shape index (κ1) is 18.7. The van der Waals surface area contributed by atoms with E-state index in [4.69, 9.17) is 0 Å². The molecule has 2 amide bonds. The quantitative estimate of drug-likeness (QED) is 0.880. The van der Waals surface area contributed by atoms with Gasteiger partial charge in [-0.2, -0.15) is 0 Å². The number of pyridine rings is 1. The first-order chi connectivity index (χ1) is 13.6. The van der Waals surface area contributed by atoms with Gasteiger partial charge in [0, 0.05) is 37.4 Å². The number of carbonyl (C=O) groups excluding carboxylic acids is 2. The van der Waals surface area contributed by atoms with Gasteiger partial charge in [0.1, 0.15) is 11.2 Å². The molecule has 0 radical (unpaired) electrons. The molecule has 3 heterocycles. The van der Waals surface area contributed by atoms with Crippen LogP contribution >= 0.6 is 0 Å². The molecule has 1 aliphatic carbocycles. The topological polar surface area (TPSA) is 83.8 Å². The molecule has 28 heavy (non-hydrogen) atoms. The van der Waals surface area contributed by atoms with E-state index in [-0.39, 0.29) is 29.0 Å². The van der Waals surface area contributed by atoms with Crippen molar-refractivity contribution in [3.05, 3.63) is 46.5 Å². The number of likely N-dealkylation sites (tertiary alicyclic amines) is 1. The van der Waals surface area contributed by atoms with E-state index in [9.17, 15) is 14.4 Å². The summed E-state index contributed by atoms with van der Waals surface area (Å²) in [7, 11) is 0. The molecule has 2 aromatic rings. The lowest BCUT2D eigenvalue weighted by atomic mass is 10.1. The number of amides is 2. The Balaban J connectivity index is 1.48. The normalized spacial score (nSPS) is 20.9. The van der Waals surface area contributed by atoms with Crippen LogP contribution in [0.5, 0.6) is 0 Å². The van der Waals surface area contributed by atoms with Gasteiger partial charge in [0.25, 0.3) is 11.5 Å². The smallest absolute Gasteiger partial charge is 0.270 e. The van der Waals surface area contributed by atoms with Crippen molar-refractivity contribution in [1.29, 1.82) is 0 Å². The molecule has 7 heteroatoms. The zero-order valence-corrected chi connectivity index (χ0v) is 16.0. The Kier molecular flexibility index (Phi) is 5.41. The Labute approximate surface area is 163 Å². The Bertz CT molecular complexity index is 933. The third kappa shape index (κ3) is 3.79. The Hall–Kier alpha value is -2.70. The van der Waals surface area contributed by atoms with Crippen molar-refractivity contribution in [3.63, 3.8) is 0 Å². The van der Waals surface area contributed by atoms with Crippen LogP contribution in [-0.2, 0) is 4.79 Å². The van der Waals surface area contributed by atoms with Gasteiger partial charge in [-0.15, -0.1) is 0 Å². The number of hydrogen-bond donors (Lipinski definition) is 1. The van der Waals surface area contributed by atoms with Gasteiger partial charge in [-0.25, -0.2) is 4.98 Å². The number of hydrogen-bond acceptors (Lipinski definition) is 4. The summed E-state index contributed by atoms with van der Waals surface area (Å²) in [4.78, 5) is 44.3. The van der Waals surface area contributed by atoms with Crippen LogP contribution in [0.15, 0.2) is 35.4 Å². The highest BCUT2D eigenvalue weighted by Gasteiger charge is 2.30. The number of fused-ring (bicyclic) bond motifs is 1. The second-order valence-corrected chi connectivity index (χ2v) is 7.84. The SMILES string of the molecule is O=C(NC1CCCCN(C(=O)C2CCCC2)C1)c1cnc2ccccn2c1=O. The fourth-order valence-corrected chi connectivity index (χ4v) is 4.34. The largest absolute Gasteiger partial charge is 0.347 e. The van der Waals surface area contributed by atoms with Gasteiger partial charge in [0.15, 0.2) is 0 Å². The molecule has 1 saturated heterocycles. The summed E-state index contributed by atoms with van der Waals surface area (Å²) in [5.41, 5.74) is 0.157. The highest BCUT2D eigenvalue weighted by molar-refractivity contribution is 5.94. The molecule has 0 bridgehead atoms. The molecule has 1 aliphatic heterocycles. The summed E-state index contributed by atoms with van der Waals surface area (Å²) in [5.74, 6) is -0.0502. The first-order valence-corrected chi connectivity index (χ1v) is 10.2. The van der Waals surface area contributed by atoms with Crippen LogP contribution in [0, 0.1) is 5.92 Å². The average Bonchev–Trinajstić information content (AvgIpc) is 3.15. The molecule has 1 N–H and O–H groups in total. The number of rotatable bonds is 3. The highest BCUT2D eigenvalue weighted by atomic mass is 16.2. The maximum absolute atomic E-state index is 12.8. The van der Waals surface area contributed by atoms with E-state index in [0.717, 1.165) is 51.5 Å². The van der Waals surface area contributed by atoms with E-state index >= 15 is 0 Å². The molecule has 4 rings (SSSR count). The summed E-state index contributed by atoms with van der Waals surface area (Å²) < 4.78 is 1.37. The van der Waals surface area contributed by atoms with Crippen molar-refractivity contribution < 1.29 is 9.59 Å². The van der Waals surface area contributed by atoms with Crippen molar-refractivity contribution in [2.24, 2.45) is 5.92 Å². The Morgan fingerprint density at radius 3 is 2.68 bits per heavy atom. The summed E-state index contributed by atoms with van der Waals surface area (Å²) >= 11 is 0. The zero-order chi connectivity index (χ0) is 19.5. The number of carbonyl (C=O) groups is 2. The Morgan fingerprint density at radius 1 is 1.07 bits per heavy atom. The van der Waals surface area contributed by atoms with E-state index in [1.54, 1.807) is 24.4 Å². The standard InChI is InChI=1S/C21H26N4O3/c26-19(17-13-22-18-10-4-6-12-25(18)21(17)28)23-16-9-3-5-11-24(14-16)20(27)15-7-1-2-8-15/h4,6,10,12-13,15-16H,1-3,5,7-9,11,14H2,(H,23,26). The predicted octanol–water partition coefficient (Wildman–Crippen LogP) is 2.00. The fraction of sp³-hybridized carbons (Fsp3) is 0.524. The molecular weight excluding hydrogens is 356 g/mol. The molecule has 2 aliphatic rings. The van der Waals surface area contributed by atoms with E-state index in [1.165, 1.54) is 10.6 Å². The zero-order valence-electron chi connectivity index (χ0n) is 16.0. The summed E-state index contributed by atoms with van der Waals surface area (Å²) in [6.07, 6.45) is 9.87. The summed E-state index contributed by atoms with van der Waals surface area (Å²) in [6.45, 7) is 1.27. The van der Waals surface area contributed by atoms with Gasteiger partial charge in [-0.05, 0) is 44.2 Å². The van der Waals surface area contributed by atoms with E-state index in [2.05, 4.69) is 10.3 Å². The lowest BCUT2D eigenvalue weighted by Crippen LogP contribution is -2.47. The third-order valence-electron chi connectivity index (χ3n) is 5.88. The van der Waals surface area contributed by atoms with Gasteiger partial charge >= 0.3 is 0 Å². The van der Waals surface area contributed by atoms with Crippen molar-refractivity contribution in [3.8, 4) is 0 Å². The minimum Gasteiger partial charge on any atom is -0.347 e. The summed E-state index contributed by atoms with van der Waals surface area (Å²) in [5, 5.41) is 2.97. The molecule has 0 aromatic carbocycles. The maximum atomic E-state index is 12.8. The predicted molar refractivity (Wildman–Crippen MR) is 105 cm³/mol. The van der Waals surface area contributed by atoms with Gasteiger partial charge in [-0.1, -0.05) is 18.9 Å².